The summed E-state index contributed by atoms with van der Waals surface area (Å²) < 4.78 is 0. The minimum absolute atomic E-state index is 0.944. The molecule has 0 rings (SSSR count). The minimum atomic E-state index is 0.944. The Kier molecular flexibility index (Phi) is 6.12. The summed E-state index contributed by atoms with van der Waals surface area (Å²) >= 11 is 1.84. The Bertz CT molecular complexity index is 125. The summed E-state index contributed by atoms with van der Waals surface area (Å²) in [6.07, 6.45) is 2.11. The first-order valence-corrected chi connectivity index (χ1v) is 5.00. The minimum Gasteiger partial charge on any atom is -0.359 e. The Morgan fingerprint density at radius 1 is 1.64 bits per heavy atom. The number of hydrogen-bond donors (Lipinski definition) is 1. The molecule has 0 bridgehead atoms. The topological polar surface area (TPSA) is 27.6 Å². The van der Waals surface area contributed by atoms with E-state index in [1.165, 1.54) is 0 Å². The molecule has 0 aliphatic carbocycles. The molecule has 0 spiro atoms. The number of rotatable bonds is 3. The maximum atomic E-state index is 4.08. The van der Waals surface area contributed by atoms with E-state index in [0.717, 1.165) is 18.3 Å². The Hall–Kier alpha value is -0.380. The highest BCUT2D eigenvalue weighted by Crippen LogP contribution is 1.93. The van der Waals surface area contributed by atoms with Crippen LogP contribution in [-0.2, 0) is 0 Å². The first kappa shape index (κ1) is 10.6. The molecule has 66 valence electrons. The van der Waals surface area contributed by atoms with Crippen LogP contribution in [-0.4, -0.2) is 50.6 Å². The molecule has 0 atom stereocenters. The van der Waals surface area contributed by atoms with Crippen molar-refractivity contribution < 1.29 is 0 Å². The van der Waals surface area contributed by atoms with Gasteiger partial charge in [-0.15, -0.1) is 0 Å². The average molecular weight is 175 g/mol. The Labute approximate surface area is 73.3 Å². The third kappa shape index (κ3) is 4.14. The zero-order valence-corrected chi connectivity index (χ0v) is 8.53. The number of thioether (sulfide) groups is 1. The van der Waals surface area contributed by atoms with Crippen molar-refractivity contribution in [2.24, 2.45) is 4.99 Å². The van der Waals surface area contributed by atoms with Gasteiger partial charge in [0.2, 0.25) is 0 Å². The zero-order chi connectivity index (χ0) is 8.69. The van der Waals surface area contributed by atoms with Crippen molar-refractivity contribution in [1.29, 1.82) is 0 Å². The van der Waals surface area contributed by atoms with Gasteiger partial charge in [0.1, 0.15) is 0 Å². The van der Waals surface area contributed by atoms with E-state index in [2.05, 4.69) is 21.5 Å². The Morgan fingerprint density at radius 2 is 2.27 bits per heavy atom. The van der Waals surface area contributed by atoms with E-state index in [1.54, 1.807) is 7.05 Å². The number of nitrogens with zero attached hydrogens (tertiary/aromatic N) is 2. The fraction of sp³-hybridized carbons (Fsp3) is 0.857. The van der Waals surface area contributed by atoms with E-state index in [9.17, 15) is 0 Å². The summed E-state index contributed by atoms with van der Waals surface area (Å²) in [5.74, 6) is 2.08. The van der Waals surface area contributed by atoms with E-state index in [4.69, 9.17) is 0 Å². The first-order valence-electron chi connectivity index (χ1n) is 3.60. The van der Waals surface area contributed by atoms with Gasteiger partial charge in [-0.05, 0) is 6.26 Å². The fourth-order valence-corrected chi connectivity index (χ4v) is 1.26. The summed E-state index contributed by atoms with van der Waals surface area (Å²) in [5, 5.41) is 3.03. The van der Waals surface area contributed by atoms with Gasteiger partial charge in [0, 0.05) is 33.4 Å². The molecule has 0 saturated carbocycles. The monoisotopic (exact) mass is 175 g/mol. The van der Waals surface area contributed by atoms with Gasteiger partial charge in [-0.3, -0.25) is 4.99 Å². The van der Waals surface area contributed by atoms with Crippen LogP contribution >= 0.6 is 11.8 Å². The number of aliphatic imine (C=N–C) groups is 1. The van der Waals surface area contributed by atoms with Gasteiger partial charge in [-0.1, -0.05) is 0 Å². The van der Waals surface area contributed by atoms with Gasteiger partial charge in [-0.25, -0.2) is 0 Å². The van der Waals surface area contributed by atoms with E-state index >= 15 is 0 Å². The van der Waals surface area contributed by atoms with Crippen LogP contribution < -0.4 is 5.32 Å². The zero-order valence-electron chi connectivity index (χ0n) is 7.72. The highest BCUT2D eigenvalue weighted by molar-refractivity contribution is 7.98. The lowest BCUT2D eigenvalue weighted by molar-refractivity contribution is 0.520. The van der Waals surface area contributed by atoms with Gasteiger partial charge in [0.15, 0.2) is 5.96 Å². The van der Waals surface area contributed by atoms with Crippen LogP contribution in [0.2, 0.25) is 0 Å². The second kappa shape index (κ2) is 6.34. The number of nitrogens with one attached hydrogen (secondary N) is 1. The van der Waals surface area contributed by atoms with E-state index < -0.39 is 0 Å². The predicted molar refractivity (Wildman–Crippen MR) is 53.4 cm³/mol. The summed E-state index contributed by atoms with van der Waals surface area (Å²) in [5.41, 5.74) is 0. The number of hydrogen-bond acceptors (Lipinski definition) is 2. The normalized spacial score (nSPS) is 11.5. The number of guanidine groups is 1. The molecule has 0 heterocycles. The lowest BCUT2D eigenvalue weighted by atomic mass is 10.6. The van der Waals surface area contributed by atoms with Crippen molar-refractivity contribution in [1.82, 2.24) is 10.2 Å². The summed E-state index contributed by atoms with van der Waals surface area (Å²) in [6, 6.07) is 0. The second-order valence-electron chi connectivity index (χ2n) is 2.21. The SMILES string of the molecule is CN=C(NC)N(C)CCSC. The molecule has 3 nitrogen and oxygen atoms in total. The van der Waals surface area contributed by atoms with E-state index in [1.807, 2.05) is 25.9 Å². The highest BCUT2D eigenvalue weighted by atomic mass is 32.2. The smallest absolute Gasteiger partial charge is 0.193 e. The maximum Gasteiger partial charge on any atom is 0.193 e. The lowest BCUT2D eigenvalue weighted by Crippen LogP contribution is -2.37. The molecule has 0 amide bonds. The summed E-state index contributed by atoms with van der Waals surface area (Å²) in [4.78, 5) is 6.19. The van der Waals surface area contributed by atoms with Crippen molar-refractivity contribution in [3.05, 3.63) is 0 Å². The van der Waals surface area contributed by atoms with Crippen LogP contribution in [0.25, 0.3) is 0 Å². The van der Waals surface area contributed by atoms with Crippen LogP contribution in [0.1, 0.15) is 0 Å². The molecule has 11 heavy (non-hydrogen) atoms. The third-order valence-electron chi connectivity index (χ3n) is 1.43. The van der Waals surface area contributed by atoms with Crippen molar-refractivity contribution in [2.45, 2.75) is 0 Å². The largest absolute Gasteiger partial charge is 0.359 e. The van der Waals surface area contributed by atoms with Gasteiger partial charge in [0.25, 0.3) is 0 Å². The molecular weight excluding hydrogens is 158 g/mol. The maximum absolute atomic E-state index is 4.08. The first-order chi connectivity index (χ1) is 5.26. The van der Waals surface area contributed by atoms with Crippen LogP contribution in [0.5, 0.6) is 0 Å². The van der Waals surface area contributed by atoms with Crippen molar-refractivity contribution >= 4 is 17.7 Å². The molecule has 0 radical (unpaired) electrons. The molecule has 0 saturated heterocycles. The van der Waals surface area contributed by atoms with Crippen molar-refractivity contribution in [3.8, 4) is 0 Å². The Balaban J connectivity index is 3.70. The standard InChI is InChI=1S/C7H17N3S/c1-8-7(9-2)10(3)5-6-11-4/h5-6H2,1-4H3,(H,8,9). The molecule has 0 fully saturated rings. The average Bonchev–Trinajstić information content (AvgIpc) is 2.03. The summed E-state index contributed by atoms with van der Waals surface area (Å²) in [6.45, 7) is 1.04. The van der Waals surface area contributed by atoms with Gasteiger partial charge < -0.3 is 10.2 Å². The predicted octanol–water partition coefficient (Wildman–Crippen LogP) is 0.486. The van der Waals surface area contributed by atoms with E-state index in [0.29, 0.717) is 0 Å². The molecule has 0 aromatic rings. The molecule has 4 heteroatoms. The molecule has 0 unspecified atom stereocenters. The van der Waals surface area contributed by atoms with Gasteiger partial charge in [0.05, 0.1) is 0 Å². The molecule has 0 aromatic carbocycles. The van der Waals surface area contributed by atoms with Crippen LogP contribution in [0.4, 0.5) is 0 Å². The highest BCUT2D eigenvalue weighted by Gasteiger charge is 2.00. The Morgan fingerprint density at radius 3 is 2.64 bits per heavy atom. The third-order valence-corrected chi connectivity index (χ3v) is 2.02. The van der Waals surface area contributed by atoms with E-state index in [-0.39, 0.29) is 0 Å². The van der Waals surface area contributed by atoms with Crippen molar-refractivity contribution in [2.75, 3.05) is 39.7 Å². The van der Waals surface area contributed by atoms with Crippen molar-refractivity contribution in [3.63, 3.8) is 0 Å². The molecule has 0 aliphatic rings. The fourth-order valence-electron chi connectivity index (χ4n) is 0.807. The summed E-state index contributed by atoms with van der Waals surface area (Å²) in [7, 11) is 5.72. The molecule has 0 aromatic heterocycles. The lowest BCUT2D eigenvalue weighted by Gasteiger charge is -2.19. The molecule has 0 aliphatic heterocycles. The van der Waals surface area contributed by atoms with Gasteiger partial charge >= 0.3 is 0 Å². The van der Waals surface area contributed by atoms with Gasteiger partial charge in [-0.2, -0.15) is 11.8 Å². The second-order valence-corrected chi connectivity index (χ2v) is 3.20. The van der Waals surface area contributed by atoms with Crippen LogP contribution in [0.3, 0.4) is 0 Å². The van der Waals surface area contributed by atoms with Crippen LogP contribution in [0.15, 0.2) is 4.99 Å². The van der Waals surface area contributed by atoms with Crippen LogP contribution in [0, 0.1) is 0 Å². The quantitative estimate of drug-likeness (QED) is 0.499. The molecule has 1 N–H and O–H groups in total. The molecular formula is C7H17N3S.